The standard InChI is InChI=1S/C13H17NO5S/c15-13(16)12-4-2-1-3-11(12)7-14-20(17,18)9-10-5-6-19-8-10/h1-4,10,14H,5-9H2,(H,15,16). The first kappa shape index (κ1) is 15.0. The molecule has 2 rings (SSSR count). The van der Waals surface area contributed by atoms with E-state index in [9.17, 15) is 13.2 Å². The maximum Gasteiger partial charge on any atom is 0.336 e. The number of carboxylic acid groups (broad SMARTS) is 1. The Bertz CT molecular complexity index is 578. The van der Waals surface area contributed by atoms with Crippen LogP contribution < -0.4 is 4.72 Å². The van der Waals surface area contributed by atoms with Gasteiger partial charge in [-0.1, -0.05) is 18.2 Å². The van der Waals surface area contributed by atoms with Gasteiger partial charge < -0.3 is 9.84 Å². The van der Waals surface area contributed by atoms with E-state index in [1.807, 2.05) is 0 Å². The first-order chi connectivity index (χ1) is 9.48. The molecule has 1 fully saturated rings. The molecule has 1 unspecified atom stereocenters. The monoisotopic (exact) mass is 299 g/mol. The van der Waals surface area contributed by atoms with Gasteiger partial charge in [0.15, 0.2) is 0 Å². The SMILES string of the molecule is O=C(O)c1ccccc1CNS(=O)(=O)CC1CCOC1. The summed E-state index contributed by atoms with van der Waals surface area (Å²) in [5, 5.41) is 9.03. The number of rotatable bonds is 6. The summed E-state index contributed by atoms with van der Waals surface area (Å²) in [5.41, 5.74) is 0.561. The van der Waals surface area contributed by atoms with E-state index in [1.54, 1.807) is 18.2 Å². The lowest BCUT2D eigenvalue weighted by molar-refractivity contribution is 0.0695. The lowest BCUT2D eigenvalue weighted by atomic mass is 10.1. The number of hydrogen-bond acceptors (Lipinski definition) is 4. The van der Waals surface area contributed by atoms with Crippen molar-refractivity contribution in [2.24, 2.45) is 5.92 Å². The van der Waals surface area contributed by atoms with Gasteiger partial charge in [0.2, 0.25) is 10.0 Å². The van der Waals surface area contributed by atoms with E-state index in [-0.39, 0.29) is 23.8 Å². The van der Waals surface area contributed by atoms with Crippen molar-refractivity contribution >= 4 is 16.0 Å². The number of carbonyl (C=O) groups is 1. The van der Waals surface area contributed by atoms with Crippen LogP contribution in [0.5, 0.6) is 0 Å². The predicted octanol–water partition coefficient (Wildman–Crippen LogP) is 0.841. The average Bonchev–Trinajstić information content (AvgIpc) is 2.89. The highest BCUT2D eigenvalue weighted by molar-refractivity contribution is 7.89. The topological polar surface area (TPSA) is 92.7 Å². The van der Waals surface area contributed by atoms with E-state index in [0.29, 0.717) is 18.8 Å². The van der Waals surface area contributed by atoms with Crippen molar-refractivity contribution in [3.05, 3.63) is 35.4 Å². The van der Waals surface area contributed by atoms with Gasteiger partial charge in [-0.15, -0.1) is 0 Å². The molecule has 2 N–H and O–H groups in total. The fourth-order valence-corrected chi connectivity index (χ4v) is 3.53. The fourth-order valence-electron chi connectivity index (χ4n) is 2.15. The zero-order chi connectivity index (χ0) is 14.6. The third-order valence-corrected chi connectivity index (χ3v) is 4.70. The fraction of sp³-hybridized carbons (Fsp3) is 0.462. The molecule has 0 radical (unpaired) electrons. The maximum atomic E-state index is 11.9. The van der Waals surface area contributed by atoms with E-state index in [1.165, 1.54) is 6.07 Å². The van der Waals surface area contributed by atoms with E-state index in [0.717, 1.165) is 6.42 Å². The number of nitrogens with one attached hydrogen (secondary N) is 1. The Kier molecular flexibility index (Phi) is 4.74. The van der Waals surface area contributed by atoms with Gasteiger partial charge in [-0.2, -0.15) is 0 Å². The molecule has 1 aliphatic heterocycles. The Hall–Kier alpha value is -1.44. The molecule has 1 saturated heterocycles. The summed E-state index contributed by atoms with van der Waals surface area (Å²) in [7, 11) is -3.43. The zero-order valence-electron chi connectivity index (χ0n) is 10.9. The molecule has 1 aromatic rings. The third-order valence-electron chi connectivity index (χ3n) is 3.21. The van der Waals surface area contributed by atoms with Gasteiger partial charge in [0.1, 0.15) is 0 Å². The molecular weight excluding hydrogens is 282 g/mol. The second-order valence-corrected chi connectivity index (χ2v) is 6.65. The molecule has 0 aromatic heterocycles. The third kappa shape index (κ3) is 4.03. The van der Waals surface area contributed by atoms with Crippen LogP contribution >= 0.6 is 0 Å². The Morgan fingerprint density at radius 2 is 2.15 bits per heavy atom. The molecule has 0 saturated carbocycles. The van der Waals surface area contributed by atoms with Gasteiger partial charge in [0.05, 0.1) is 17.9 Å². The number of benzene rings is 1. The second-order valence-electron chi connectivity index (χ2n) is 4.79. The van der Waals surface area contributed by atoms with Crippen LogP contribution in [0.15, 0.2) is 24.3 Å². The van der Waals surface area contributed by atoms with Crippen LogP contribution in [0, 0.1) is 5.92 Å². The first-order valence-corrected chi connectivity index (χ1v) is 7.99. The van der Waals surface area contributed by atoms with Crippen LogP contribution in [-0.2, 0) is 21.3 Å². The molecule has 110 valence electrons. The number of sulfonamides is 1. The van der Waals surface area contributed by atoms with Crippen LogP contribution in [-0.4, -0.2) is 38.5 Å². The van der Waals surface area contributed by atoms with Gasteiger partial charge >= 0.3 is 5.97 Å². The molecule has 6 nitrogen and oxygen atoms in total. The highest BCUT2D eigenvalue weighted by Gasteiger charge is 2.23. The Morgan fingerprint density at radius 3 is 2.80 bits per heavy atom. The van der Waals surface area contributed by atoms with Crippen LogP contribution in [0.1, 0.15) is 22.3 Å². The summed E-state index contributed by atoms with van der Waals surface area (Å²) in [6, 6.07) is 6.35. The molecule has 0 aliphatic carbocycles. The zero-order valence-corrected chi connectivity index (χ0v) is 11.7. The van der Waals surface area contributed by atoms with Crippen molar-refractivity contribution in [3.63, 3.8) is 0 Å². The number of hydrogen-bond donors (Lipinski definition) is 2. The van der Waals surface area contributed by atoms with E-state index >= 15 is 0 Å². The summed E-state index contributed by atoms with van der Waals surface area (Å²) in [6.45, 7) is 1.05. The van der Waals surface area contributed by atoms with Gasteiger partial charge in [0, 0.05) is 13.2 Å². The molecule has 0 bridgehead atoms. The van der Waals surface area contributed by atoms with Crippen molar-refractivity contribution in [3.8, 4) is 0 Å². The lowest BCUT2D eigenvalue weighted by Crippen LogP contribution is -2.30. The highest BCUT2D eigenvalue weighted by Crippen LogP contribution is 2.15. The van der Waals surface area contributed by atoms with Crippen molar-refractivity contribution < 1.29 is 23.1 Å². The van der Waals surface area contributed by atoms with Crippen LogP contribution in [0.3, 0.4) is 0 Å². The van der Waals surface area contributed by atoms with E-state index in [4.69, 9.17) is 9.84 Å². The largest absolute Gasteiger partial charge is 0.478 e. The minimum Gasteiger partial charge on any atom is -0.478 e. The van der Waals surface area contributed by atoms with Crippen LogP contribution in [0.2, 0.25) is 0 Å². The van der Waals surface area contributed by atoms with Gasteiger partial charge in [-0.3, -0.25) is 0 Å². The second kappa shape index (κ2) is 6.34. The summed E-state index contributed by atoms with van der Waals surface area (Å²) in [5.74, 6) is -1.03. The normalized spacial score (nSPS) is 19.1. The Labute approximate surface area is 117 Å². The van der Waals surface area contributed by atoms with Crippen molar-refractivity contribution in [2.75, 3.05) is 19.0 Å². The minimum absolute atomic E-state index is 0.0155. The molecule has 20 heavy (non-hydrogen) atoms. The Balaban J connectivity index is 1.99. The number of carboxylic acids is 1. The summed E-state index contributed by atoms with van der Waals surface area (Å²) in [6.07, 6.45) is 0.743. The van der Waals surface area contributed by atoms with Gasteiger partial charge in [-0.25, -0.2) is 17.9 Å². The van der Waals surface area contributed by atoms with Crippen molar-refractivity contribution in [1.82, 2.24) is 4.72 Å². The van der Waals surface area contributed by atoms with Crippen molar-refractivity contribution in [2.45, 2.75) is 13.0 Å². The molecule has 1 aromatic carbocycles. The Morgan fingerprint density at radius 1 is 1.40 bits per heavy atom. The minimum atomic E-state index is -3.43. The molecule has 0 spiro atoms. The molecule has 0 amide bonds. The molecule has 7 heteroatoms. The average molecular weight is 299 g/mol. The van der Waals surface area contributed by atoms with Crippen LogP contribution in [0.25, 0.3) is 0 Å². The smallest absolute Gasteiger partial charge is 0.336 e. The molecule has 1 atom stereocenters. The summed E-state index contributed by atoms with van der Waals surface area (Å²) in [4.78, 5) is 11.0. The van der Waals surface area contributed by atoms with Gasteiger partial charge in [-0.05, 0) is 24.0 Å². The first-order valence-electron chi connectivity index (χ1n) is 6.34. The van der Waals surface area contributed by atoms with E-state index < -0.39 is 16.0 Å². The highest BCUT2D eigenvalue weighted by atomic mass is 32.2. The summed E-state index contributed by atoms with van der Waals surface area (Å²) < 4.78 is 31.5. The number of ether oxygens (including phenoxy) is 1. The quantitative estimate of drug-likeness (QED) is 0.812. The maximum absolute atomic E-state index is 11.9. The van der Waals surface area contributed by atoms with Crippen molar-refractivity contribution in [1.29, 1.82) is 0 Å². The lowest BCUT2D eigenvalue weighted by Gasteiger charge is -2.11. The van der Waals surface area contributed by atoms with E-state index in [2.05, 4.69) is 4.72 Å². The van der Waals surface area contributed by atoms with Gasteiger partial charge in [0.25, 0.3) is 0 Å². The number of aromatic carboxylic acids is 1. The van der Waals surface area contributed by atoms with Crippen LogP contribution in [0.4, 0.5) is 0 Å². The molecule has 1 aliphatic rings. The molecular formula is C13H17NO5S. The summed E-state index contributed by atoms with van der Waals surface area (Å²) >= 11 is 0. The molecule has 1 heterocycles. The predicted molar refractivity (Wildman–Crippen MR) is 73.0 cm³/mol.